The Morgan fingerprint density at radius 1 is 0.774 bits per heavy atom. The summed E-state index contributed by atoms with van der Waals surface area (Å²) in [6.45, 7) is 7.76. The normalized spacial score (nSPS) is 20.9. The second-order valence-corrected chi connectivity index (χ2v) is 9.76. The lowest BCUT2D eigenvalue weighted by Gasteiger charge is -2.37. The Morgan fingerprint density at radius 3 is 1.81 bits per heavy atom. The van der Waals surface area contributed by atoms with E-state index in [2.05, 4.69) is 32.2 Å². The van der Waals surface area contributed by atoms with Crippen molar-refractivity contribution >= 4 is 6.21 Å². The molecular weight excluding hydrogens is 380 g/mol. The molecule has 1 aliphatic rings. The molecule has 3 nitrogen and oxygen atoms in total. The van der Waals surface area contributed by atoms with Gasteiger partial charge in [-0.15, -0.1) is 0 Å². The van der Waals surface area contributed by atoms with Gasteiger partial charge in [0.05, 0.1) is 19.4 Å². The summed E-state index contributed by atoms with van der Waals surface area (Å²) in [5, 5.41) is 9.40. The smallest absolute Gasteiger partial charge is 0.182 e. The lowest BCUT2D eigenvalue weighted by molar-refractivity contribution is -0.936. The number of nitrogens with zero attached hydrogens (tertiary/aromatic N) is 2. The number of allylic oxidation sites excluding steroid dienone is 2. The van der Waals surface area contributed by atoms with E-state index in [1.807, 2.05) is 0 Å². The van der Waals surface area contributed by atoms with Gasteiger partial charge < -0.3 is 5.11 Å². The Morgan fingerprint density at radius 2 is 1.29 bits per heavy atom. The number of quaternary nitrogens is 1. The average Bonchev–Trinajstić information content (AvgIpc) is 3.18. The van der Waals surface area contributed by atoms with Crippen LogP contribution in [0.4, 0.5) is 0 Å². The topological polar surface area (TPSA) is 32.6 Å². The summed E-state index contributed by atoms with van der Waals surface area (Å²) in [6.07, 6.45) is 32.0. The van der Waals surface area contributed by atoms with Gasteiger partial charge in [-0.1, -0.05) is 96.1 Å². The summed E-state index contributed by atoms with van der Waals surface area (Å²) in [6, 6.07) is 0. The molecule has 0 aromatic carbocycles. The molecule has 0 saturated heterocycles. The lowest BCUT2D eigenvalue weighted by atomic mass is 10.0. The summed E-state index contributed by atoms with van der Waals surface area (Å²) in [5.41, 5.74) is 0. The van der Waals surface area contributed by atoms with Crippen LogP contribution in [-0.4, -0.2) is 48.2 Å². The fourth-order valence-electron chi connectivity index (χ4n) is 4.99. The third-order valence-corrected chi connectivity index (χ3v) is 7.25. The van der Waals surface area contributed by atoms with Crippen LogP contribution in [0.2, 0.25) is 0 Å². The molecule has 1 heterocycles. The van der Waals surface area contributed by atoms with Crippen LogP contribution in [0.5, 0.6) is 0 Å². The van der Waals surface area contributed by atoms with Crippen molar-refractivity contribution in [2.45, 2.75) is 136 Å². The molecule has 0 bridgehead atoms. The minimum absolute atomic E-state index is 0.281. The predicted molar refractivity (Wildman–Crippen MR) is 138 cm³/mol. The number of rotatable bonds is 22. The molecule has 0 amide bonds. The Bertz CT molecular complexity index is 448. The van der Waals surface area contributed by atoms with E-state index in [1.54, 1.807) is 0 Å². The molecule has 3 heteroatoms. The molecule has 0 aliphatic carbocycles. The fourth-order valence-corrected chi connectivity index (χ4v) is 4.99. The van der Waals surface area contributed by atoms with Crippen LogP contribution in [0.3, 0.4) is 0 Å². The van der Waals surface area contributed by atoms with Gasteiger partial charge in [-0.2, -0.15) is 0 Å². The van der Waals surface area contributed by atoms with Crippen molar-refractivity contribution in [2.24, 2.45) is 4.99 Å². The lowest BCUT2D eigenvalue weighted by Crippen LogP contribution is -2.53. The van der Waals surface area contributed by atoms with Crippen molar-refractivity contribution in [3.05, 3.63) is 12.2 Å². The van der Waals surface area contributed by atoms with Crippen molar-refractivity contribution in [3.8, 4) is 0 Å². The zero-order chi connectivity index (χ0) is 22.5. The Kier molecular flexibility index (Phi) is 18.3. The minimum Gasteiger partial charge on any atom is -0.391 e. The number of hydrogen-bond acceptors (Lipinski definition) is 2. The van der Waals surface area contributed by atoms with Crippen LogP contribution in [0.15, 0.2) is 17.1 Å². The largest absolute Gasteiger partial charge is 0.391 e. The number of aliphatic hydroxyl groups excluding tert-OH is 1. The second kappa shape index (κ2) is 20.0. The first-order valence-electron chi connectivity index (χ1n) is 13.9. The molecule has 0 fully saturated rings. The van der Waals surface area contributed by atoms with Gasteiger partial charge in [-0.3, -0.25) is 4.48 Å². The zero-order valence-electron chi connectivity index (χ0n) is 21.2. The number of aliphatic imine (C=N–C) groups is 1. The maximum atomic E-state index is 9.40. The SMILES string of the molecule is CCCCCCCC/C=C/CCCCCCCCCCCC1N=CC[N+]1(CC)CCO. The third kappa shape index (κ3) is 13.5. The van der Waals surface area contributed by atoms with Gasteiger partial charge in [0.1, 0.15) is 13.1 Å². The van der Waals surface area contributed by atoms with Crippen LogP contribution in [-0.2, 0) is 0 Å². The molecule has 1 rings (SSSR count). The maximum absolute atomic E-state index is 9.40. The van der Waals surface area contributed by atoms with E-state index >= 15 is 0 Å². The number of likely N-dealkylation sites (N-methyl/N-ethyl adjacent to an activating group) is 1. The van der Waals surface area contributed by atoms with Gasteiger partial charge in [0.25, 0.3) is 0 Å². The van der Waals surface area contributed by atoms with Crippen LogP contribution in [0.25, 0.3) is 0 Å². The Hall–Kier alpha value is -0.670. The highest BCUT2D eigenvalue weighted by Gasteiger charge is 2.36. The standard InChI is InChI=1S/C28H55N2O/c1-3-5-6-7-8-9-10-11-12-13-14-15-16-17-18-19-20-21-22-23-28-29-24-25-30(28,4-2)26-27-31/h11-12,24,28,31H,3-10,13-23,25-27H2,1-2H3/q+1/b12-11+. The highest BCUT2D eigenvalue weighted by molar-refractivity contribution is 5.60. The number of hydrogen-bond donors (Lipinski definition) is 1. The highest BCUT2D eigenvalue weighted by atomic mass is 16.3. The molecule has 0 aromatic heterocycles. The van der Waals surface area contributed by atoms with E-state index in [9.17, 15) is 5.11 Å². The zero-order valence-corrected chi connectivity index (χ0v) is 21.2. The molecule has 182 valence electrons. The van der Waals surface area contributed by atoms with E-state index in [0.717, 1.165) is 24.1 Å². The molecule has 2 atom stereocenters. The molecule has 1 N–H and O–H groups in total. The molecule has 0 aromatic rings. The molecule has 1 aliphatic heterocycles. The van der Waals surface area contributed by atoms with Crippen molar-refractivity contribution in [3.63, 3.8) is 0 Å². The second-order valence-electron chi connectivity index (χ2n) is 9.76. The quantitative estimate of drug-likeness (QED) is 0.105. The summed E-state index contributed by atoms with van der Waals surface area (Å²) in [4.78, 5) is 4.73. The summed E-state index contributed by atoms with van der Waals surface area (Å²) in [5.74, 6) is 0. The molecule has 0 saturated carbocycles. The highest BCUT2D eigenvalue weighted by Crippen LogP contribution is 2.24. The van der Waals surface area contributed by atoms with E-state index in [1.165, 1.54) is 116 Å². The van der Waals surface area contributed by atoms with Crippen molar-refractivity contribution in [2.75, 3.05) is 26.2 Å². The van der Waals surface area contributed by atoms with Crippen LogP contribution < -0.4 is 0 Å². The van der Waals surface area contributed by atoms with Crippen molar-refractivity contribution < 1.29 is 9.59 Å². The first-order valence-corrected chi connectivity index (χ1v) is 13.9. The van der Waals surface area contributed by atoms with Crippen LogP contribution >= 0.6 is 0 Å². The monoisotopic (exact) mass is 435 g/mol. The Labute approximate surface area is 195 Å². The minimum atomic E-state index is 0.281. The molecule has 0 radical (unpaired) electrons. The van der Waals surface area contributed by atoms with Gasteiger partial charge in [0.15, 0.2) is 6.17 Å². The number of unbranched alkanes of at least 4 members (excludes halogenated alkanes) is 15. The summed E-state index contributed by atoms with van der Waals surface area (Å²) >= 11 is 0. The molecule has 0 spiro atoms. The third-order valence-electron chi connectivity index (χ3n) is 7.25. The molecule has 2 unspecified atom stereocenters. The van der Waals surface area contributed by atoms with Crippen LogP contribution in [0, 0.1) is 0 Å². The summed E-state index contributed by atoms with van der Waals surface area (Å²) < 4.78 is 0.977. The van der Waals surface area contributed by atoms with Crippen LogP contribution in [0.1, 0.15) is 129 Å². The van der Waals surface area contributed by atoms with Gasteiger partial charge in [0, 0.05) is 6.42 Å². The van der Waals surface area contributed by atoms with Crippen molar-refractivity contribution in [1.82, 2.24) is 0 Å². The first kappa shape index (κ1) is 28.4. The first-order chi connectivity index (χ1) is 15.3. The van der Waals surface area contributed by atoms with E-state index < -0.39 is 0 Å². The average molecular weight is 436 g/mol. The van der Waals surface area contributed by atoms with Gasteiger partial charge in [-0.05, 0) is 39.0 Å². The van der Waals surface area contributed by atoms with E-state index in [0.29, 0.717) is 6.17 Å². The van der Waals surface area contributed by atoms with Gasteiger partial charge in [-0.25, -0.2) is 4.99 Å². The van der Waals surface area contributed by atoms with E-state index in [-0.39, 0.29) is 6.61 Å². The summed E-state index contributed by atoms with van der Waals surface area (Å²) in [7, 11) is 0. The predicted octanol–water partition coefficient (Wildman–Crippen LogP) is 7.82. The molecule has 31 heavy (non-hydrogen) atoms. The van der Waals surface area contributed by atoms with E-state index in [4.69, 9.17) is 4.99 Å². The Balaban J connectivity index is 1.84. The van der Waals surface area contributed by atoms with Gasteiger partial charge in [0.2, 0.25) is 0 Å². The number of aliphatic hydroxyl groups is 1. The van der Waals surface area contributed by atoms with Crippen molar-refractivity contribution in [1.29, 1.82) is 0 Å². The maximum Gasteiger partial charge on any atom is 0.182 e. The van der Waals surface area contributed by atoms with Gasteiger partial charge >= 0.3 is 0 Å². The fraction of sp³-hybridized carbons (Fsp3) is 0.893. The molecular formula is C28H55N2O+.